The second kappa shape index (κ2) is 2.77. The Bertz CT molecular complexity index is 118. The fourth-order valence-electron chi connectivity index (χ4n) is 0.615. The number of alkyl halides is 1. The number of carbonyl (C=O) groups excluding carboxylic acids is 1. The number of hydrogen-bond acceptors (Lipinski definition) is 2. The van der Waals surface area contributed by atoms with E-state index in [4.69, 9.17) is 4.84 Å². The first kappa shape index (κ1) is 6.48. The van der Waals surface area contributed by atoms with Crippen LogP contribution < -0.4 is 0 Å². The number of carbonyl (C=O) groups is 1. The highest BCUT2D eigenvalue weighted by atomic mass is 19.1. The highest BCUT2D eigenvalue weighted by Gasteiger charge is 2.20. The largest absolute Gasteiger partial charge is 0.272 e. The lowest BCUT2D eigenvalue weighted by atomic mass is 10.4. The molecular weight excluding hydrogens is 125 g/mol. The monoisotopic (exact) mass is 132 g/mol. The van der Waals surface area contributed by atoms with Gasteiger partial charge in [0.1, 0.15) is 6.67 Å². The van der Waals surface area contributed by atoms with Gasteiger partial charge in [-0.2, -0.15) is 0 Å². The van der Waals surface area contributed by atoms with Gasteiger partial charge in [-0.25, -0.2) is 9.45 Å². The summed E-state index contributed by atoms with van der Waals surface area (Å²) in [5.74, 6) is -0.243. The van der Waals surface area contributed by atoms with Crippen LogP contribution in [-0.4, -0.2) is 30.8 Å². The number of halogens is 1. The van der Waals surface area contributed by atoms with Gasteiger partial charge in [0, 0.05) is 0 Å². The molecule has 0 spiro atoms. The van der Waals surface area contributed by atoms with Gasteiger partial charge >= 0.3 is 0 Å². The normalized spacial score (nSPS) is 19.2. The summed E-state index contributed by atoms with van der Waals surface area (Å²) in [4.78, 5) is 15.2. The van der Waals surface area contributed by atoms with Crippen molar-refractivity contribution in [2.75, 3.05) is 19.8 Å². The van der Waals surface area contributed by atoms with E-state index in [0.29, 0.717) is 0 Å². The maximum Gasteiger partial charge on any atom is 0.252 e. The van der Waals surface area contributed by atoms with Crippen molar-refractivity contribution in [3.63, 3.8) is 0 Å². The van der Waals surface area contributed by atoms with Crippen LogP contribution in [0.25, 0.3) is 0 Å². The van der Waals surface area contributed by atoms with E-state index in [-0.39, 0.29) is 19.1 Å². The predicted octanol–water partition coefficient (Wildman–Crippen LogP) is -0.0660. The van der Waals surface area contributed by atoms with Crippen molar-refractivity contribution in [2.24, 2.45) is 0 Å². The van der Waals surface area contributed by atoms with Gasteiger partial charge in [-0.3, -0.25) is 9.63 Å². The third-order valence-corrected chi connectivity index (χ3v) is 1.02. The standard InChI is InChI=1S/C5H7FNO2/c6-2-3-7-5(8)1-4-9-7/h1H,2-4H2. The van der Waals surface area contributed by atoms with E-state index in [0.717, 1.165) is 5.06 Å². The Morgan fingerprint density at radius 3 is 3.11 bits per heavy atom. The Morgan fingerprint density at radius 2 is 2.67 bits per heavy atom. The van der Waals surface area contributed by atoms with Crippen molar-refractivity contribution >= 4 is 5.91 Å². The summed E-state index contributed by atoms with van der Waals surface area (Å²) >= 11 is 0. The lowest BCUT2D eigenvalue weighted by Crippen LogP contribution is -2.25. The summed E-state index contributed by atoms with van der Waals surface area (Å²) in [7, 11) is 0. The molecule has 1 amide bonds. The molecule has 1 heterocycles. The van der Waals surface area contributed by atoms with Crippen LogP contribution in [-0.2, 0) is 9.63 Å². The Morgan fingerprint density at radius 1 is 1.89 bits per heavy atom. The summed E-state index contributed by atoms with van der Waals surface area (Å²) in [6, 6.07) is 0. The molecule has 3 nitrogen and oxygen atoms in total. The number of rotatable bonds is 2. The minimum atomic E-state index is -0.556. The number of amides is 1. The molecule has 0 aromatic carbocycles. The van der Waals surface area contributed by atoms with E-state index >= 15 is 0 Å². The molecule has 51 valence electrons. The molecule has 0 saturated carbocycles. The van der Waals surface area contributed by atoms with Gasteiger partial charge in [0.05, 0.1) is 19.6 Å². The molecule has 1 fully saturated rings. The van der Waals surface area contributed by atoms with Crippen LogP contribution in [0.1, 0.15) is 0 Å². The topological polar surface area (TPSA) is 29.5 Å². The van der Waals surface area contributed by atoms with Crippen LogP contribution in [0.15, 0.2) is 0 Å². The number of hydrogen-bond donors (Lipinski definition) is 0. The first-order chi connectivity index (χ1) is 4.34. The van der Waals surface area contributed by atoms with Gasteiger partial charge in [-0.1, -0.05) is 0 Å². The van der Waals surface area contributed by atoms with E-state index in [2.05, 4.69) is 0 Å². The van der Waals surface area contributed by atoms with Gasteiger partial charge in [-0.05, 0) is 0 Å². The molecule has 0 atom stereocenters. The zero-order valence-corrected chi connectivity index (χ0v) is 4.84. The minimum Gasteiger partial charge on any atom is -0.272 e. The Labute approximate surface area is 52.3 Å². The van der Waals surface area contributed by atoms with E-state index < -0.39 is 6.67 Å². The highest BCUT2D eigenvalue weighted by Crippen LogP contribution is 2.03. The van der Waals surface area contributed by atoms with E-state index in [1.807, 2.05) is 0 Å². The maximum absolute atomic E-state index is 11.5. The van der Waals surface area contributed by atoms with Crippen LogP contribution in [0, 0.1) is 6.42 Å². The SMILES string of the molecule is O=C1[CH]CON1CCF. The molecule has 0 N–H and O–H groups in total. The van der Waals surface area contributed by atoms with Crippen LogP contribution >= 0.6 is 0 Å². The molecule has 0 aromatic rings. The minimum absolute atomic E-state index is 0.0370. The fourth-order valence-corrected chi connectivity index (χ4v) is 0.615. The quantitative estimate of drug-likeness (QED) is 0.526. The summed E-state index contributed by atoms with van der Waals surface area (Å²) < 4.78 is 11.5. The maximum atomic E-state index is 11.5. The zero-order valence-electron chi connectivity index (χ0n) is 4.84. The van der Waals surface area contributed by atoms with Crippen LogP contribution in [0.3, 0.4) is 0 Å². The third-order valence-electron chi connectivity index (χ3n) is 1.02. The molecule has 9 heavy (non-hydrogen) atoms. The van der Waals surface area contributed by atoms with Crippen molar-refractivity contribution in [3.05, 3.63) is 6.42 Å². The molecular formula is C5H7FNO2. The average Bonchev–Trinajstić information content (AvgIpc) is 2.18. The van der Waals surface area contributed by atoms with Gasteiger partial charge < -0.3 is 0 Å². The smallest absolute Gasteiger partial charge is 0.252 e. The zero-order chi connectivity index (χ0) is 6.69. The second-order valence-corrected chi connectivity index (χ2v) is 1.63. The van der Waals surface area contributed by atoms with Crippen molar-refractivity contribution in [2.45, 2.75) is 0 Å². The average molecular weight is 132 g/mol. The van der Waals surface area contributed by atoms with Crippen LogP contribution in [0.2, 0.25) is 0 Å². The Kier molecular flexibility index (Phi) is 2.00. The molecule has 1 rings (SSSR count). The van der Waals surface area contributed by atoms with E-state index in [9.17, 15) is 9.18 Å². The van der Waals surface area contributed by atoms with Gasteiger partial charge in [0.2, 0.25) is 0 Å². The third kappa shape index (κ3) is 1.38. The van der Waals surface area contributed by atoms with Crippen LogP contribution in [0.4, 0.5) is 4.39 Å². The number of nitrogens with zero attached hydrogens (tertiary/aromatic N) is 1. The van der Waals surface area contributed by atoms with Gasteiger partial charge in [0.15, 0.2) is 0 Å². The second-order valence-electron chi connectivity index (χ2n) is 1.63. The van der Waals surface area contributed by atoms with E-state index in [1.165, 1.54) is 6.42 Å². The number of hydroxylamine groups is 2. The van der Waals surface area contributed by atoms with Crippen molar-refractivity contribution in [3.8, 4) is 0 Å². The lowest BCUT2D eigenvalue weighted by molar-refractivity contribution is -0.162. The molecule has 1 radical (unpaired) electrons. The molecule has 4 heteroatoms. The fraction of sp³-hybridized carbons (Fsp3) is 0.600. The van der Waals surface area contributed by atoms with Crippen LogP contribution in [0.5, 0.6) is 0 Å². The summed E-state index contributed by atoms with van der Waals surface area (Å²) in [5.41, 5.74) is 0. The molecule has 0 aromatic heterocycles. The molecule has 0 aliphatic carbocycles. The highest BCUT2D eigenvalue weighted by molar-refractivity contribution is 5.85. The molecule has 0 unspecified atom stereocenters. The summed E-state index contributed by atoms with van der Waals surface area (Å²) in [6.45, 7) is -0.242. The van der Waals surface area contributed by atoms with Crippen molar-refractivity contribution < 1.29 is 14.0 Å². The molecule has 0 bridgehead atoms. The first-order valence-electron chi connectivity index (χ1n) is 2.68. The summed E-state index contributed by atoms with van der Waals surface area (Å²) in [5, 5.41) is 1.01. The first-order valence-corrected chi connectivity index (χ1v) is 2.68. The molecule has 1 saturated heterocycles. The van der Waals surface area contributed by atoms with Gasteiger partial charge in [0.25, 0.3) is 5.91 Å². The molecule has 1 aliphatic rings. The Hall–Kier alpha value is -0.640. The predicted molar refractivity (Wildman–Crippen MR) is 27.9 cm³/mol. The van der Waals surface area contributed by atoms with Crippen molar-refractivity contribution in [1.82, 2.24) is 5.06 Å². The lowest BCUT2D eigenvalue weighted by Gasteiger charge is -2.09. The van der Waals surface area contributed by atoms with Crippen molar-refractivity contribution in [1.29, 1.82) is 0 Å². The Balaban J connectivity index is 2.31. The summed E-state index contributed by atoms with van der Waals surface area (Å²) in [6.07, 6.45) is 1.37. The molecule has 1 aliphatic heterocycles. The van der Waals surface area contributed by atoms with Gasteiger partial charge in [-0.15, -0.1) is 0 Å². The van der Waals surface area contributed by atoms with E-state index in [1.54, 1.807) is 0 Å².